The van der Waals surface area contributed by atoms with E-state index < -0.39 is 29.3 Å². The Bertz CT molecular complexity index is 678. The van der Waals surface area contributed by atoms with Crippen LogP contribution in [0, 0.1) is 23.5 Å². The van der Waals surface area contributed by atoms with Gasteiger partial charge in [0.2, 0.25) is 17.4 Å². The number of ether oxygens (including phenoxy) is 1. The molecule has 0 bridgehead atoms. The van der Waals surface area contributed by atoms with Crippen molar-refractivity contribution in [2.45, 2.75) is 53.4 Å². The quantitative estimate of drug-likeness (QED) is 0.283. The van der Waals surface area contributed by atoms with Gasteiger partial charge < -0.3 is 4.74 Å². The van der Waals surface area contributed by atoms with Gasteiger partial charge in [0.05, 0.1) is 0 Å². The van der Waals surface area contributed by atoms with Gasteiger partial charge in [0.25, 0.3) is 11.9 Å². The molecule has 0 aliphatic carbocycles. The van der Waals surface area contributed by atoms with Crippen molar-refractivity contribution in [3.8, 4) is 5.75 Å². The van der Waals surface area contributed by atoms with Crippen LogP contribution in [0.5, 0.6) is 5.75 Å². The van der Waals surface area contributed by atoms with Crippen molar-refractivity contribution < 1.29 is 22.3 Å². The zero-order valence-electron chi connectivity index (χ0n) is 15.6. The Morgan fingerprint density at radius 2 is 1.31 bits per heavy atom. The topological polar surface area (TPSA) is 22.1 Å². The van der Waals surface area contributed by atoms with Crippen LogP contribution in [0.2, 0.25) is 0 Å². The molecule has 144 valence electrons. The summed E-state index contributed by atoms with van der Waals surface area (Å²) in [6.07, 6.45) is 9.60. The van der Waals surface area contributed by atoms with E-state index >= 15 is 0 Å². The Hall–Kier alpha value is -2.11. The molecule has 0 spiro atoms. The maximum Gasteiger partial charge on any atom is 0.255 e. The predicted octanol–water partition coefficient (Wildman–Crippen LogP) is 6.44. The van der Waals surface area contributed by atoms with Crippen molar-refractivity contribution in [1.82, 2.24) is 4.98 Å². The minimum Gasteiger partial charge on any atom is -0.483 e. The van der Waals surface area contributed by atoms with Crippen LogP contribution in [0.25, 0.3) is 0 Å². The molecule has 1 aromatic rings. The van der Waals surface area contributed by atoms with E-state index in [1.165, 1.54) is 11.1 Å². The Morgan fingerprint density at radius 3 is 1.85 bits per heavy atom. The highest BCUT2D eigenvalue weighted by Gasteiger charge is 2.21. The number of nitrogens with zero attached hydrogens (tertiary/aromatic N) is 1. The van der Waals surface area contributed by atoms with Crippen LogP contribution in [0.3, 0.4) is 0 Å². The van der Waals surface area contributed by atoms with Crippen molar-refractivity contribution in [3.63, 3.8) is 0 Å². The number of hydrogen-bond acceptors (Lipinski definition) is 2. The Morgan fingerprint density at radius 1 is 0.808 bits per heavy atom. The molecule has 1 aromatic heterocycles. The zero-order valence-corrected chi connectivity index (χ0v) is 15.6. The summed E-state index contributed by atoms with van der Waals surface area (Å²) < 4.78 is 57.6. The summed E-state index contributed by atoms with van der Waals surface area (Å²) in [6.45, 7) is 7.89. The first kappa shape index (κ1) is 21.9. The third-order valence-corrected chi connectivity index (χ3v) is 3.74. The molecule has 0 aromatic carbocycles. The van der Waals surface area contributed by atoms with Crippen LogP contribution < -0.4 is 4.74 Å². The standard InChI is InChI=1S/C20H25F4NO/c1-13(2)7-5-8-14(3)9-6-10-15(4)11-12-26-18-16(21)19(23)25-20(24)17(18)22/h7,9,11H,5-6,8,10,12H2,1-4H3/b14-9+,15-11+. The third-order valence-electron chi connectivity index (χ3n) is 3.74. The van der Waals surface area contributed by atoms with Gasteiger partial charge in [-0.15, -0.1) is 0 Å². The van der Waals surface area contributed by atoms with Gasteiger partial charge >= 0.3 is 0 Å². The summed E-state index contributed by atoms with van der Waals surface area (Å²) in [6, 6.07) is 0. The molecule has 0 saturated heterocycles. The normalized spacial score (nSPS) is 12.3. The van der Waals surface area contributed by atoms with Gasteiger partial charge in [0.15, 0.2) is 0 Å². The fraction of sp³-hybridized carbons (Fsp3) is 0.450. The Labute approximate surface area is 152 Å². The summed E-state index contributed by atoms with van der Waals surface area (Å²) in [4.78, 5) is 2.48. The number of halogens is 4. The lowest BCUT2D eigenvalue weighted by Crippen LogP contribution is -2.06. The maximum atomic E-state index is 13.4. The summed E-state index contributed by atoms with van der Waals surface area (Å²) in [7, 11) is 0. The Balaban J connectivity index is 2.49. The molecule has 26 heavy (non-hydrogen) atoms. The molecular formula is C20H25F4NO. The third kappa shape index (κ3) is 7.42. The molecule has 0 aliphatic heterocycles. The van der Waals surface area contributed by atoms with E-state index in [4.69, 9.17) is 4.74 Å². The number of allylic oxidation sites excluding steroid dienone is 5. The summed E-state index contributed by atoms with van der Waals surface area (Å²) >= 11 is 0. The van der Waals surface area contributed by atoms with E-state index in [0.29, 0.717) is 0 Å². The molecule has 0 N–H and O–H groups in total. The average Bonchev–Trinajstić information content (AvgIpc) is 2.56. The maximum absolute atomic E-state index is 13.4. The molecule has 1 rings (SSSR count). The van der Waals surface area contributed by atoms with Gasteiger partial charge in [-0.2, -0.15) is 22.5 Å². The van der Waals surface area contributed by atoms with E-state index in [2.05, 4.69) is 37.9 Å². The first-order valence-corrected chi connectivity index (χ1v) is 8.49. The van der Waals surface area contributed by atoms with E-state index in [1.807, 2.05) is 6.92 Å². The predicted molar refractivity (Wildman–Crippen MR) is 95.0 cm³/mol. The molecule has 0 unspecified atom stereocenters. The Kier molecular flexibility index (Phi) is 9.10. The van der Waals surface area contributed by atoms with Gasteiger partial charge in [-0.05, 0) is 59.5 Å². The molecular weight excluding hydrogens is 346 g/mol. The average molecular weight is 371 g/mol. The zero-order chi connectivity index (χ0) is 19.7. The highest BCUT2D eigenvalue weighted by molar-refractivity contribution is 5.24. The van der Waals surface area contributed by atoms with Crippen LogP contribution in [-0.4, -0.2) is 11.6 Å². The lowest BCUT2D eigenvalue weighted by molar-refractivity contribution is 0.290. The first-order chi connectivity index (χ1) is 12.2. The van der Waals surface area contributed by atoms with Crippen LogP contribution in [-0.2, 0) is 0 Å². The highest BCUT2D eigenvalue weighted by atomic mass is 19.2. The van der Waals surface area contributed by atoms with Crippen molar-refractivity contribution >= 4 is 0 Å². The molecule has 0 amide bonds. The van der Waals surface area contributed by atoms with Gasteiger partial charge in [0, 0.05) is 0 Å². The number of pyridine rings is 1. The lowest BCUT2D eigenvalue weighted by atomic mass is 10.1. The van der Waals surface area contributed by atoms with Crippen LogP contribution in [0.1, 0.15) is 53.4 Å². The highest BCUT2D eigenvalue weighted by Crippen LogP contribution is 2.24. The van der Waals surface area contributed by atoms with Gasteiger partial charge in [-0.1, -0.05) is 28.9 Å². The second-order valence-electron chi connectivity index (χ2n) is 6.42. The summed E-state index contributed by atoms with van der Waals surface area (Å²) in [5.41, 5.74) is 3.56. The minimum atomic E-state index is -1.73. The monoisotopic (exact) mass is 371 g/mol. The fourth-order valence-corrected chi connectivity index (χ4v) is 2.20. The molecule has 1 heterocycles. The first-order valence-electron chi connectivity index (χ1n) is 8.49. The molecule has 0 fully saturated rings. The fourth-order valence-electron chi connectivity index (χ4n) is 2.20. The van der Waals surface area contributed by atoms with Gasteiger partial charge in [-0.25, -0.2) is 0 Å². The summed E-state index contributed by atoms with van der Waals surface area (Å²) in [5, 5.41) is 0. The number of rotatable bonds is 9. The molecule has 0 aliphatic rings. The second-order valence-corrected chi connectivity index (χ2v) is 6.42. The van der Waals surface area contributed by atoms with Gasteiger partial charge in [-0.3, -0.25) is 0 Å². The van der Waals surface area contributed by atoms with E-state index in [9.17, 15) is 17.6 Å². The van der Waals surface area contributed by atoms with Crippen molar-refractivity contribution in [3.05, 3.63) is 58.5 Å². The van der Waals surface area contributed by atoms with Gasteiger partial charge in [0.1, 0.15) is 6.61 Å². The van der Waals surface area contributed by atoms with E-state index in [-0.39, 0.29) is 6.61 Å². The number of hydrogen-bond donors (Lipinski definition) is 0. The minimum absolute atomic E-state index is 0.189. The van der Waals surface area contributed by atoms with Crippen molar-refractivity contribution in [1.29, 1.82) is 0 Å². The smallest absolute Gasteiger partial charge is 0.255 e. The van der Waals surface area contributed by atoms with Crippen LogP contribution >= 0.6 is 0 Å². The number of aromatic nitrogens is 1. The van der Waals surface area contributed by atoms with Crippen molar-refractivity contribution in [2.24, 2.45) is 0 Å². The summed E-state index contributed by atoms with van der Waals surface area (Å²) in [5.74, 6) is -7.81. The largest absolute Gasteiger partial charge is 0.483 e. The van der Waals surface area contributed by atoms with Crippen molar-refractivity contribution in [2.75, 3.05) is 6.61 Å². The molecule has 0 saturated carbocycles. The van der Waals surface area contributed by atoms with E-state index in [1.54, 1.807) is 6.08 Å². The van der Waals surface area contributed by atoms with E-state index in [0.717, 1.165) is 31.3 Å². The second kappa shape index (κ2) is 10.8. The molecule has 0 radical (unpaired) electrons. The van der Waals surface area contributed by atoms with Crippen LogP contribution in [0.15, 0.2) is 34.9 Å². The molecule has 6 heteroatoms. The van der Waals surface area contributed by atoms with Crippen LogP contribution in [0.4, 0.5) is 17.6 Å². The SMILES string of the molecule is CC(C)=CCC/C(C)=C/CC/C(C)=C/COc1c(F)c(F)nc(F)c1F. The lowest BCUT2D eigenvalue weighted by Gasteiger charge is -2.07. The molecule has 2 nitrogen and oxygen atoms in total. The molecule has 0 atom stereocenters.